The Bertz CT molecular complexity index is 1010. The molecule has 1 aliphatic heterocycles. The number of nitrogens with one attached hydrogen (secondary N) is 2. The second-order valence-electron chi connectivity index (χ2n) is 6.54. The van der Waals surface area contributed by atoms with Gasteiger partial charge in [0.15, 0.2) is 0 Å². The van der Waals surface area contributed by atoms with Crippen LogP contribution in [0.1, 0.15) is 18.1 Å². The van der Waals surface area contributed by atoms with E-state index in [-0.39, 0.29) is 12.2 Å². The van der Waals surface area contributed by atoms with Crippen LogP contribution in [0.25, 0.3) is 6.08 Å². The molecular weight excluding hydrogens is 612 g/mol. The highest BCUT2D eigenvalue weighted by Gasteiger charge is 2.35. The molecular formula is C21H19I2N3O4. The van der Waals surface area contributed by atoms with Gasteiger partial charge in [-0.2, -0.15) is 0 Å². The van der Waals surface area contributed by atoms with Crippen LogP contribution in [-0.4, -0.2) is 35.9 Å². The SMILES string of the molecule is CCOc1c(I)cc(/C=C2/NC(=O)N(CC(=O)Nc3ccc(C)cc3)C2=O)cc1I. The van der Waals surface area contributed by atoms with Gasteiger partial charge in [0.25, 0.3) is 5.91 Å². The number of hydrogen-bond donors (Lipinski definition) is 2. The first-order valence-electron chi connectivity index (χ1n) is 9.11. The third kappa shape index (κ3) is 5.31. The van der Waals surface area contributed by atoms with E-state index in [0.717, 1.165) is 28.9 Å². The van der Waals surface area contributed by atoms with Crippen LogP contribution in [0.5, 0.6) is 5.75 Å². The number of hydrogen-bond acceptors (Lipinski definition) is 4. The lowest BCUT2D eigenvalue weighted by molar-refractivity contribution is -0.127. The normalized spacial score (nSPS) is 14.8. The summed E-state index contributed by atoms with van der Waals surface area (Å²) in [5.41, 5.74) is 2.54. The molecule has 0 spiro atoms. The number of ether oxygens (including phenoxy) is 1. The minimum Gasteiger partial charge on any atom is -0.492 e. The lowest BCUT2D eigenvalue weighted by atomic mass is 10.2. The molecule has 0 aliphatic carbocycles. The second-order valence-corrected chi connectivity index (χ2v) is 8.86. The molecule has 4 amide bonds. The molecule has 0 atom stereocenters. The number of carbonyl (C=O) groups is 3. The number of imide groups is 1. The van der Waals surface area contributed by atoms with Gasteiger partial charge >= 0.3 is 6.03 Å². The zero-order valence-electron chi connectivity index (χ0n) is 16.3. The van der Waals surface area contributed by atoms with E-state index in [9.17, 15) is 14.4 Å². The monoisotopic (exact) mass is 631 g/mol. The number of carbonyl (C=O) groups excluding carboxylic acids is 3. The van der Waals surface area contributed by atoms with Crippen molar-refractivity contribution in [1.82, 2.24) is 10.2 Å². The van der Waals surface area contributed by atoms with Crippen LogP contribution in [0, 0.1) is 14.1 Å². The van der Waals surface area contributed by atoms with Gasteiger partial charge < -0.3 is 15.4 Å². The Morgan fingerprint density at radius 2 is 1.80 bits per heavy atom. The standard InChI is InChI=1S/C21H19I2N3O4/c1-3-30-19-15(22)8-13(9-16(19)23)10-17-20(28)26(21(29)25-17)11-18(27)24-14-6-4-12(2)5-7-14/h4-10H,3,11H2,1-2H3,(H,24,27)(H,25,29)/b17-10+. The van der Waals surface area contributed by atoms with Gasteiger partial charge in [-0.1, -0.05) is 17.7 Å². The molecule has 0 aromatic heterocycles. The van der Waals surface area contributed by atoms with Crippen molar-refractivity contribution in [2.24, 2.45) is 0 Å². The van der Waals surface area contributed by atoms with Gasteiger partial charge in [0.2, 0.25) is 5.91 Å². The van der Waals surface area contributed by atoms with E-state index in [1.54, 1.807) is 18.2 Å². The summed E-state index contributed by atoms with van der Waals surface area (Å²) in [7, 11) is 0. The number of aryl methyl sites for hydroxylation is 1. The van der Waals surface area contributed by atoms with Crippen molar-refractivity contribution in [3.05, 3.63) is 60.4 Å². The van der Waals surface area contributed by atoms with E-state index >= 15 is 0 Å². The van der Waals surface area contributed by atoms with Gasteiger partial charge in [0.1, 0.15) is 18.0 Å². The maximum atomic E-state index is 12.7. The van der Waals surface area contributed by atoms with E-state index in [2.05, 4.69) is 55.8 Å². The fraction of sp³-hybridized carbons (Fsp3) is 0.190. The second kappa shape index (κ2) is 9.77. The summed E-state index contributed by atoms with van der Waals surface area (Å²) in [5, 5.41) is 5.23. The van der Waals surface area contributed by atoms with Gasteiger partial charge in [0, 0.05) is 5.69 Å². The zero-order chi connectivity index (χ0) is 21.8. The molecule has 2 aromatic rings. The van der Waals surface area contributed by atoms with Gasteiger partial charge in [-0.05, 0) is 94.9 Å². The molecule has 0 unspecified atom stereocenters. The smallest absolute Gasteiger partial charge is 0.329 e. The van der Waals surface area contributed by atoms with Crippen molar-refractivity contribution in [2.75, 3.05) is 18.5 Å². The summed E-state index contributed by atoms with van der Waals surface area (Å²) in [6, 6.07) is 10.4. The van der Waals surface area contributed by atoms with Crippen LogP contribution in [-0.2, 0) is 9.59 Å². The largest absolute Gasteiger partial charge is 0.492 e. The van der Waals surface area contributed by atoms with Crippen molar-refractivity contribution >= 4 is 74.8 Å². The molecule has 0 saturated carbocycles. The molecule has 3 rings (SSSR count). The molecule has 1 heterocycles. The van der Waals surface area contributed by atoms with Gasteiger partial charge in [-0.3, -0.25) is 9.59 Å². The summed E-state index contributed by atoms with van der Waals surface area (Å²) in [5.74, 6) is -0.205. The number of benzene rings is 2. The number of rotatable bonds is 6. The van der Waals surface area contributed by atoms with Crippen LogP contribution >= 0.6 is 45.2 Å². The van der Waals surface area contributed by atoms with Crippen molar-refractivity contribution < 1.29 is 19.1 Å². The van der Waals surface area contributed by atoms with E-state index in [1.807, 2.05) is 38.1 Å². The summed E-state index contributed by atoms with van der Waals surface area (Å²) in [4.78, 5) is 38.1. The summed E-state index contributed by atoms with van der Waals surface area (Å²) in [6.07, 6.45) is 1.60. The average molecular weight is 631 g/mol. The molecule has 30 heavy (non-hydrogen) atoms. The van der Waals surface area contributed by atoms with Crippen LogP contribution in [0.2, 0.25) is 0 Å². The van der Waals surface area contributed by atoms with Crippen molar-refractivity contribution in [3.63, 3.8) is 0 Å². The Labute approximate surface area is 201 Å². The number of amides is 4. The molecule has 2 N–H and O–H groups in total. The first-order valence-corrected chi connectivity index (χ1v) is 11.3. The van der Waals surface area contributed by atoms with Crippen LogP contribution in [0.3, 0.4) is 0 Å². The van der Waals surface area contributed by atoms with E-state index in [1.165, 1.54) is 0 Å². The molecule has 0 radical (unpaired) electrons. The van der Waals surface area contributed by atoms with Crippen molar-refractivity contribution in [2.45, 2.75) is 13.8 Å². The van der Waals surface area contributed by atoms with Gasteiger partial charge in [-0.25, -0.2) is 9.69 Å². The van der Waals surface area contributed by atoms with Gasteiger partial charge in [0.05, 0.1) is 13.7 Å². The van der Waals surface area contributed by atoms with E-state index in [0.29, 0.717) is 12.3 Å². The lowest BCUT2D eigenvalue weighted by Crippen LogP contribution is -2.38. The zero-order valence-corrected chi connectivity index (χ0v) is 20.6. The minimum atomic E-state index is -0.624. The maximum absolute atomic E-state index is 12.7. The van der Waals surface area contributed by atoms with Crippen LogP contribution in [0.15, 0.2) is 42.1 Å². The molecule has 2 aromatic carbocycles. The fourth-order valence-corrected chi connectivity index (χ4v) is 4.94. The Hall–Kier alpha value is -2.15. The Balaban J connectivity index is 1.72. The molecule has 0 bridgehead atoms. The number of urea groups is 1. The first-order chi connectivity index (χ1) is 14.3. The van der Waals surface area contributed by atoms with Crippen LogP contribution < -0.4 is 15.4 Å². The topological polar surface area (TPSA) is 87.7 Å². The van der Waals surface area contributed by atoms with E-state index in [4.69, 9.17) is 4.74 Å². The molecule has 7 nitrogen and oxygen atoms in total. The Morgan fingerprint density at radius 3 is 2.40 bits per heavy atom. The third-order valence-corrected chi connectivity index (χ3v) is 5.82. The van der Waals surface area contributed by atoms with Crippen molar-refractivity contribution in [1.29, 1.82) is 0 Å². The number of anilines is 1. The summed E-state index contributed by atoms with van der Waals surface area (Å²) >= 11 is 4.34. The quantitative estimate of drug-likeness (QED) is 0.286. The van der Waals surface area contributed by atoms with Crippen molar-refractivity contribution in [3.8, 4) is 5.75 Å². The Morgan fingerprint density at radius 1 is 1.17 bits per heavy atom. The highest BCUT2D eigenvalue weighted by Crippen LogP contribution is 2.30. The lowest BCUT2D eigenvalue weighted by Gasteiger charge is -2.12. The highest BCUT2D eigenvalue weighted by atomic mass is 127. The predicted octanol–water partition coefficient (Wildman–Crippen LogP) is 4.13. The number of halogens is 2. The van der Waals surface area contributed by atoms with E-state index < -0.39 is 17.8 Å². The molecule has 1 saturated heterocycles. The predicted molar refractivity (Wildman–Crippen MR) is 131 cm³/mol. The average Bonchev–Trinajstić information content (AvgIpc) is 2.94. The van der Waals surface area contributed by atoms with Gasteiger partial charge in [-0.15, -0.1) is 0 Å². The molecule has 1 fully saturated rings. The minimum absolute atomic E-state index is 0.124. The third-order valence-electron chi connectivity index (χ3n) is 4.22. The summed E-state index contributed by atoms with van der Waals surface area (Å²) in [6.45, 7) is 4.05. The molecule has 1 aliphatic rings. The first kappa shape index (κ1) is 22.5. The maximum Gasteiger partial charge on any atom is 0.329 e. The molecule has 156 valence electrons. The fourth-order valence-electron chi connectivity index (χ4n) is 2.81. The molecule has 9 heteroatoms. The number of nitrogens with zero attached hydrogens (tertiary/aromatic N) is 1. The summed E-state index contributed by atoms with van der Waals surface area (Å²) < 4.78 is 7.43. The van der Waals surface area contributed by atoms with Crippen LogP contribution in [0.4, 0.5) is 10.5 Å². The Kier molecular flexibility index (Phi) is 7.34. The highest BCUT2D eigenvalue weighted by molar-refractivity contribution is 14.1.